The van der Waals surface area contributed by atoms with Crippen LogP contribution in [-0.2, 0) is 16.0 Å². The van der Waals surface area contributed by atoms with Gasteiger partial charge in [0.25, 0.3) is 0 Å². The Kier molecular flexibility index (Phi) is 8.10. The van der Waals surface area contributed by atoms with Crippen LogP contribution in [0.25, 0.3) is 33.4 Å². The molecule has 0 spiro atoms. The summed E-state index contributed by atoms with van der Waals surface area (Å²) < 4.78 is 29.8. The number of halogens is 2. The second-order valence-corrected chi connectivity index (χ2v) is 15.0. The molecule has 5 aromatic rings. The van der Waals surface area contributed by atoms with Gasteiger partial charge in [0.2, 0.25) is 12.1 Å². The summed E-state index contributed by atoms with van der Waals surface area (Å²) in [6.07, 6.45) is 7.30. The van der Waals surface area contributed by atoms with Crippen LogP contribution in [0.2, 0.25) is 5.02 Å². The quantitative estimate of drug-likeness (QED) is 0.170. The van der Waals surface area contributed by atoms with Gasteiger partial charge >= 0.3 is 6.09 Å². The number of nitrogens with one attached hydrogen (secondary N) is 2. The maximum absolute atomic E-state index is 16.3. The molecule has 8 rings (SSSR count). The van der Waals surface area contributed by atoms with Crippen molar-refractivity contribution in [1.82, 2.24) is 29.7 Å². The van der Waals surface area contributed by atoms with Gasteiger partial charge in [0, 0.05) is 35.1 Å². The van der Waals surface area contributed by atoms with Gasteiger partial charge in [-0.3, -0.25) is 9.36 Å². The van der Waals surface area contributed by atoms with Crippen molar-refractivity contribution >= 4 is 45.8 Å². The molecule has 0 radical (unpaired) electrons. The van der Waals surface area contributed by atoms with Crippen LogP contribution in [0, 0.1) is 17.7 Å². The number of benzene rings is 2. The Bertz CT molecular complexity index is 2090. The summed E-state index contributed by atoms with van der Waals surface area (Å²) in [5.41, 5.74) is 3.15. The van der Waals surface area contributed by atoms with Crippen molar-refractivity contribution in [1.29, 1.82) is 0 Å². The fourth-order valence-electron chi connectivity index (χ4n) is 7.04. The van der Waals surface area contributed by atoms with Gasteiger partial charge < -0.3 is 24.7 Å². The fraction of sp³-hybridized carbons (Fsp3) is 0.389. The lowest BCUT2D eigenvalue weighted by atomic mass is 10.0. The Hall–Kier alpha value is -4.42. The zero-order valence-electron chi connectivity index (χ0n) is 27.3. The average Bonchev–Trinajstić information content (AvgIpc) is 3.51. The molecule has 1 aliphatic carbocycles. The van der Waals surface area contributed by atoms with Crippen LogP contribution in [-0.4, -0.2) is 56.1 Å². The molecule has 1 saturated carbocycles. The lowest BCUT2D eigenvalue weighted by molar-refractivity contribution is -0.135. The van der Waals surface area contributed by atoms with E-state index in [4.69, 9.17) is 26.1 Å². The molecule has 10 nitrogen and oxygen atoms in total. The predicted molar refractivity (Wildman–Crippen MR) is 185 cm³/mol. The zero-order valence-corrected chi connectivity index (χ0v) is 28.9. The van der Waals surface area contributed by atoms with Crippen molar-refractivity contribution in [3.05, 3.63) is 75.3 Å². The van der Waals surface area contributed by atoms with Crippen LogP contribution in [0.15, 0.2) is 48.8 Å². The number of methoxy groups -OCH3 is 1. The Balaban J connectivity index is 1.13. The molecule has 1 saturated heterocycles. The number of nitrogens with zero attached hydrogens (tertiary/aromatic N) is 4. The standard InChI is InChI=1S/C36H36ClFN6O4S/c1-18(2)32(42-36(46)47-3)34(45)43-10-4-5-26(43)33-40-16-24(41-33)20-13-23(38)31-27-14-21-12-22(37)8-9-25(21)44(27)35(48-28(31)15-20)29-17-39-30(49-29)11-19-6-7-19/h8-9,12-19,26,32,35H,4-7,10-11H2,1-3H3,(H,40,41)(H,42,46)/t26-,32-,35?/m0/s1. The Morgan fingerprint density at radius 2 is 2.00 bits per heavy atom. The van der Waals surface area contributed by atoms with Crippen LogP contribution in [0.4, 0.5) is 9.18 Å². The first-order valence-corrected chi connectivity index (χ1v) is 17.8. The van der Waals surface area contributed by atoms with Crippen molar-refractivity contribution in [2.24, 2.45) is 11.8 Å². The van der Waals surface area contributed by atoms with Gasteiger partial charge in [-0.25, -0.2) is 19.2 Å². The van der Waals surface area contributed by atoms with E-state index >= 15 is 4.39 Å². The Morgan fingerprint density at radius 3 is 2.78 bits per heavy atom. The van der Waals surface area contributed by atoms with E-state index in [0.717, 1.165) is 33.6 Å². The third kappa shape index (κ3) is 5.84. The molecule has 1 unspecified atom stereocenters. The highest BCUT2D eigenvalue weighted by atomic mass is 35.5. The molecule has 2 amide bonds. The summed E-state index contributed by atoms with van der Waals surface area (Å²) in [6, 6.07) is 9.90. The summed E-state index contributed by atoms with van der Waals surface area (Å²) >= 11 is 8.01. The van der Waals surface area contributed by atoms with E-state index in [1.165, 1.54) is 26.0 Å². The molecular formula is C36H36ClFN6O4S. The molecule has 3 aromatic heterocycles. The fourth-order valence-corrected chi connectivity index (χ4v) is 8.27. The first-order valence-electron chi connectivity index (χ1n) is 16.6. The third-order valence-corrected chi connectivity index (χ3v) is 11.0. The number of thiazole rings is 1. The number of rotatable bonds is 8. The van der Waals surface area contributed by atoms with E-state index in [-0.39, 0.29) is 17.9 Å². The molecule has 3 aliphatic rings. The van der Waals surface area contributed by atoms with Crippen molar-refractivity contribution in [3.8, 4) is 28.3 Å². The van der Waals surface area contributed by atoms with Crippen molar-refractivity contribution in [2.45, 2.75) is 64.3 Å². The number of carbonyl (C=O) groups excluding carboxylic acids is 2. The largest absolute Gasteiger partial charge is 0.464 e. The molecule has 254 valence electrons. The highest BCUT2D eigenvalue weighted by Crippen LogP contribution is 2.48. The molecule has 3 atom stereocenters. The predicted octanol–water partition coefficient (Wildman–Crippen LogP) is 7.88. The number of likely N-dealkylation sites (tertiary alicyclic amines) is 1. The van der Waals surface area contributed by atoms with E-state index in [2.05, 4.69) is 15.3 Å². The minimum Gasteiger partial charge on any atom is -0.464 e. The van der Waals surface area contributed by atoms with Gasteiger partial charge in [0.15, 0.2) is 0 Å². The molecular weight excluding hydrogens is 667 g/mol. The van der Waals surface area contributed by atoms with Crippen LogP contribution < -0.4 is 10.1 Å². The lowest BCUT2D eigenvalue weighted by Gasteiger charge is -2.30. The summed E-state index contributed by atoms with van der Waals surface area (Å²) in [5, 5.41) is 5.25. The monoisotopic (exact) mass is 702 g/mol. The number of amides is 2. The number of imidazole rings is 1. The van der Waals surface area contributed by atoms with Crippen LogP contribution in [0.5, 0.6) is 5.75 Å². The van der Waals surface area contributed by atoms with E-state index < -0.39 is 24.2 Å². The highest BCUT2D eigenvalue weighted by Gasteiger charge is 2.38. The van der Waals surface area contributed by atoms with E-state index in [9.17, 15) is 9.59 Å². The number of H-pyrrole nitrogens is 1. The van der Waals surface area contributed by atoms with E-state index in [1.54, 1.807) is 22.4 Å². The van der Waals surface area contributed by atoms with Crippen LogP contribution in [0.1, 0.15) is 67.5 Å². The number of ether oxygens (including phenoxy) is 2. The summed E-state index contributed by atoms with van der Waals surface area (Å²) in [6.45, 7) is 4.29. The van der Waals surface area contributed by atoms with Gasteiger partial charge in [0.05, 0.1) is 51.7 Å². The molecule has 2 fully saturated rings. The first kappa shape index (κ1) is 31.8. The molecule has 49 heavy (non-hydrogen) atoms. The lowest BCUT2D eigenvalue weighted by Crippen LogP contribution is -2.51. The molecule has 2 aromatic carbocycles. The second kappa shape index (κ2) is 12.5. The number of hydrogen-bond acceptors (Lipinski definition) is 7. The Labute approximate surface area is 291 Å². The summed E-state index contributed by atoms with van der Waals surface area (Å²) in [7, 11) is 1.27. The number of aromatic nitrogens is 4. The zero-order chi connectivity index (χ0) is 34.0. The Morgan fingerprint density at radius 1 is 1.16 bits per heavy atom. The SMILES string of the molecule is COC(=O)N[C@H](C(=O)N1CCC[C@H]1c1ncc(-c2cc(F)c3c(c2)OC(c2cnc(CC4CC4)s2)n2c-3cc3cc(Cl)ccc32)[nH]1)C(C)C. The van der Waals surface area contributed by atoms with Gasteiger partial charge in [-0.05, 0) is 73.9 Å². The maximum Gasteiger partial charge on any atom is 0.407 e. The minimum absolute atomic E-state index is 0.146. The topological polar surface area (TPSA) is 114 Å². The molecule has 5 heterocycles. The molecule has 2 aliphatic heterocycles. The van der Waals surface area contributed by atoms with Gasteiger partial charge in [0.1, 0.15) is 23.4 Å². The van der Waals surface area contributed by atoms with Crippen molar-refractivity contribution < 1.29 is 23.5 Å². The molecule has 0 bridgehead atoms. The average molecular weight is 703 g/mol. The van der Waals surface area contributed by atoms with Crippen molar-refractivity contribution in [3.63, 3.8) is 0 Å². The normalized spacial score (nSPS) is 19.1. The second-order valence-electron chi connectivity index (χ2n) is 13.4. The highest BCUT2D eigenvalue weighted by molar-refractivity contribution is 7.11. The minimum atomic E-state index is -0.739. The smallest absolute Gasteiger partial charge is 0.407 e. The molecule has 13 heteroatoms. The number of fused-ring (bicyclic) bond motifs is 5. The van der Waals surface area contributed by atoms with Crippen molar-refractivity contribution in [2.75, 3.05) is 13.7 Å². The van der Waals surface area contributed by atoms with E-state index in [0.29, 0.717) is 58.0 Å². The first-order chi connectivity index (χ1) is 23.7. The van der Waals surface area contributed by atoms with Crippen LogP contribution in [0.3, 0.4) is 0 Å². The van der Waals surface area contributed by atoms with Gasteiger partial charge in [-0.15, -0.1) is 11.3 Å². The summed E-state index contributed by atoms with van der Waals surface area (Å²) in [4.78, 5) is 41.0. The molecule has 2 N–H and O–H groups in total. The van der Waals surface area contributed by atoms with Gasteiger partial charge in [-0.2, -0.15) is 0 Å². The summed E-state index contributed by atoms with van der Waals surface area (Å²) in [5.74, 6) is 0.954. The van der Waals surface area contributed by atoms with Crippen LogP contribution >= 0.6 is 22.9 Å². The number of carbonyl (C=O) groups is 2. The third-order valence-electron chi connectivity index (χ3n) is 9.71. The number of alkyl carbamates (subject to hydrolysis) is 1. The number of hydrogen-bond donors (Lipinski definition) is 2. The maximum atomic E-state index is 16.3. The van der Waals surface area contributed by atoms with Gasteiger partial charge in [-0.1, -0.05) is 25.4 Å². The number of aromatic amines is 1. The van der Waals surface area contributed by atoms with E-state index in [1.807, 2.05) is 54.9 Å².